The molecule has 1 amide bonds. The normalized spacial score (nSPS) is 13.2. The number of carbonyl (C=O) groups excluding carboxylic acids is 1. The molecule has 0 aliphatic carbocycles. The van der Waals surface area contributed by atoms with E-state index < -0.39 is 0 Å². The van der Waals surface area contributed by atoms with Gasteiger partial charge in [0.1, 0.15) is 10.8 Å². The van der Waals surface area contributed by atoms with Gasteiger partial charge < -0.3 is 14.2 Å². The second kappa shape index (κ2) is 8.26. The number of amides is 1. The van der Waals surface area contributed by atoms with E-state index in [9.17, 15) is 4.79 Å². The molecule has 144 valence electrons. The molecule has 7 nitrogen and oxygen atoms in total. The van der Waals surface area contributed by atoms with E-state index in [0.29, 0.717) is 28.3 Å². The quantitative estimate of drug-likeness (QED) is 0.656. The minimum absolute atomic E-state index is 0.130. The van der Waals surface area contributed by atoms with Gasteiger partial charge in [0, 0.05) is 12.5 Å². The fourth-order valence-electron chi connectivity index (χ4n) is 2.82. The summed E-state index contributed by atoms with van der Waals surface area (Å²) in [6.07, 6.45) is 0.769. The smallest absolute Gasteiger partial charge is 0.264 e. The van der Waals surface area contributed by atoms with Crippen molar-refractivity contribution in [2.24, 2.45) is 0 Å². The molecule has 28 heavy (non-hydrogen) atoms. The summed E-state index contributed by atoms with van der Waals surface area (Å²) >= 11 is 1.38. The van der Waals surface area contributed by atoms with Crippen LogP contribution in [0.4, 0.5) is 5.13 Å². The van der Waals surface area contributed by atoms with Crippen molar-refractivity contribution in [3.63, 3.8) is 0 Å². The van der Waals surface area contributed by atoms with Crippen LogP contribution in [0.25, 0.3) is 0 Å². The van der Waals surface area contributed by atoms with E-state index in [1.165, 1.54) is 16.9 Å². The van der Waals surface area contributed by atoms with E-state index in [-0.39, 0.29) is 19.3 Å². The lowest BCUT2D eigenvalue weighted by Crippen LogP contribution is -2.20. The minimum Gasteiger partial charge on any atom is -0.484 e. The van der Waals surface area contributed by atoms with Crippen molar-refractivity contribution in [2.45, 2.75) is 19.3 Å². The van der Waals surface area contributed by atoms with Gasteiger partial charge in [-0.05, 0) is 23.6 Å². The van der Waals surface area contributed by atoms with Crippen molar-refractivity contribution in [1.82, 2.24) is 10.2 Å². The Balaban J connectivity index is 1.28. The summed E-state index contributed by atoms with van der Waals surface area (Å²) in [6, 6.07) is 15.4. The maximum absolute atomic E-state index is 12.1. The first-order valence-corrected chi connectivity index (χ1v) is 9.68. The predicted molar refractivity (Wildman–Crippen MR) is 105 cm³/mol. The summed E-state index contributed by atoms with van der Waals surface area (Å²) in [6.45, 7) is 2.21. The Hall–Kier alpha value is -3.13. The topological polar surface area (TPSA) is 82.6 Å². The number of anilines is 1. The first kappa shape index (κ1) is 18.2. The van der Waals surface area contributed by atoms with Crippen molar-refractivity contribution in [2.75, 3.05) is 18.7 Å². The van der Waals surface area contributed by atoms with Crippen LogP contribution in [-0.4, -0.2) is 29.5 Å². The average molecular weight is 397 g/mol. The summed E-state index contributed by atoms with van der Waals surface area (Å²) in [4.78, 5) is 12.1. The number of ether oxygens (including phenoxy) is 3. The largest absolute Gasteiger partial charge is 0.484 e. The number of nitrogens with zero attached hydrogens (tertiary/aromatic N) is 2. The van der Waals surface area contributed by atoms with Gasteiger partial charge in [-0.25, -0.2) is 0 Å². The van der Waals surface area contributed by atoms with E-state index in [4.69, 9.17) is 14.2 Å². The molecule has 0 radical (unpaired) electrons. The molecule has 0 fully saturated rings. The highest BCUT2D eigenvalue weighted by Gasteiger charge is 2.15. The van der Waals surface area contributed by atoms with Crippen LogP contribution in [0.15, 0.2) is 48.5 Å². The molecule has 1 N–H and O–H groups in total. The zero-order valence-electron chi connectivity index (χ0n) is 15.3. The highest BCUT2D eigenvalue weighted by atomic mass is 32.1. The van der Waals surface area contributed by atoms with Crippen molar-refractivity contribution in [3.05, 3.63) is 59.1 Å². The third-order valence-electron chi connectivity index (χ3n) is 4.28. The zero-order chi connectivity index (χ0) is 19.3. The standard InChI is InChI=1S/C20H19N3O4S/c1-13(14-5-3-2-4-6-14)9-19-22-23-20(28-19)21-18(24)11-25-15-7-8-16-17(10-15)27-12-26-16/h2-8,10,13H,9,11-12H2,1H3,(H,21,23,24)/t13-/m0/s1. The zero-order valence-corrected chi connectivity index (χ0v) is 16.1. The first-order valence-electron chi connectivity index (χ1n) is 8.87. The number of benzene rings is 2. The minimum atomic E-state index is -0.295. The third-order valence-corrected chi connectivity index (χ3v) is 5.14. The van der Waals surface area contributed by atoms with E-state index in [1.807, 2.05) is 18.2 Å². The van der Waals surface area contributed by atoms with Gasteiger partial charge in [0.2, 0.25) is 11.9 Å². The predicted octanol–water partition coefficient (Wildman–Crippen LogP) is 3.63. The maximum Gasteiger partial charge on any atom is 0.264 e. The Morgan fingerprint density at radius 1 is 1.18 bits per heavy atom. The summed E-state index contributed by atoms with van der Waals surface area (Å²) < 4.78 is 16.0. The molecule has 0 unspecified atom stereocenters. The second-order valence-corrected chi connectivity index (χ2v) is 7.43. The Morgan fingerprint density at radius 3 is 2.86 bits per heavy atom. The lowest BCUT2D eigenvalue weighted by Gasteiger charge is -2.08. The molecule has 8 heteroatoms. The highest BCUT2D eigenvalue weighted by molar-refractivity contribution is 7.15. The van der Waals surface area contributed by atoms with E-state index in [2.05, 4.69) is 34.6 Å². The van der Waals surface area contributed by atoms with Crippen LogP contribution in [0.2, 0.25) is 0 Å². The van der Waals surface area contributed by atoms with Crippen molar-refractivity contribution >= 4 is 22.4 Å². The maximum atomic E-state index is 12.1. The molecule has 1 atom stereocenters. The van der Waals surface area contributed by atoms with Gasteiger partial charge in [-0.2, -0.15) is 0 Å². The fourth-order valence-corrected chi connectivity index (χ4v) is 3.70. The number of hydrogen-bond acceptors (Lipinski definition) is 7. The van der Waals surface area contributed by atoms with E-state index in [1.54, 1.807) is 18.2 Å². The molecule has 3 aromatic rings. The molecular formula is C20H19N3O4S. The number of carbonyl (C=O) groups is 1. The number of hydrogen-bond donors (Lipinski definition) is 1. The Morgan fingerprint density at radius 2 is 2.00 bits per heavy atom. The number of aromatic nitrogens is 2. The van der Waals surface area contributed by atoms with E-state index in [0.717, 1.165) is 11.4 Å². The average Bonchev–Trinajstić information content (AvgIpc) is 3.36. The van der Waals surface area contributed by atoms with Gasteiger partial charge in [-0.3, -0.25) is 10.1 Å². The SMILES string of the molecule is C[C@@H](Cc1nnc(NC(=O)COc2ccc3c(c2)OCO3)s1)c1ccccc1. The van der Waals surface area contributed by atoms with Crippen LogP contribution in [0.3, 0.4) is 0 Å². The van der Waals surface area contributed by atoms with E-state index >= 15 is 0 Å². The van der Waals surface area contributed by atoms with Crippen molar-refractivity contribution < 1.29 is 19.0 Å². The number of fused-ring (bicyclic) bond motifs is 1. The monoisotopic (exact) mass is 397 g/mol. The molecule has 0 saturated heterocycles. The summed E-state index contributed by atoms with van der Waals surface area (Å²) in [5.41, 5.74) is 1.25. The van der Waals surface area contributed by atoms with Gasteiger partial charge >= 0.3 is 0 Å². The van der Waals surface area contributed by atoms with Gasteiger partial charge in [0.15, 0.2) is 18.1 Å². The summed E-state index contributed by atoms with van der Waals surface area (Å²) in [7, 11) is 0. The molecule has 0 bridgehead atoms. The van der Waals surface area contributed by atoms with Gasteiger partial charge in [-0.1, -0.05) is 48.6 Å². The first-order chi connectivity index (χ1) is 13.7. The lowest BCUT2D eigenvalue weighted by molar-refractivity contribution is -0.118. The molecule has 1 aliphatic rings. The Labute approximate surface area is 166 Å². The van der Waals surface area contributed by atoms with Crippen molar-refractivity contribution in [3.8, 4) is 17.2 Å². The molecule has 1 aliphatic heterocycles. The van der Waals surface area contributed by atoms with Crippen molar-refractivity contribution in [1.29, 1.82) is 0 Å². The fraction of sp³-hybridized carbons (Fsp3) is 0.250. The van der Waals surface area contributed by atoms with Crippen LogP contribution in [0, 0.1) is 0 Å². The molecule has 2 aromatic carbocycles. The molecule has 0 spiro atoms. The van der Waals surface area contributed by atoms with Gasteiger partial charge in [-0.15, -0.1) is 10.2 Å². The summed E-state index contributed by atoms with van der Waals surface area (Å²) in [5, 5.41) is 12.3. The second-order valence-electron chi connectivity index (χ2n) is 6.37. The van der Waals surface area contributed by atoms with Crippen LogP contribution in [0.5, 0.6) is 17.2 Å². The lowest BCUT2D eigenvalue weighted by atomic mass is 9.98. The molecule has 4 rings (SSSR count). The van der Waals surface area contributed by atoms with Gasteiger partial charge in [0.25, 0.3) is 5.91 Å². The van der Waals surface area contributed by atoms with Crippen LogP contribution < -0.4 is 19.5 Å². The molecule has 2 heterocycles. The number of rotatable bonds is 7. The van der Waals surface area contributed by atoms with Crippen LogP contribution >= 0.6 is 11.3 Å². The van der Waals surface area contributed by atoms with Gasteiger partial charge in [0.05, 0.1) is 0 Å². The molecular weight excluding hydrogens is 378 g/mol. The van der Waals surface area contributed by atoms with Crippen LogP contribution in [0.1, 0.15) is 23.4 Å². The highest BCUT2D eigenvalue weighted by Crippen LogP contribution is 2.35. The molecule has 1 aromatic heterocycles. The Kier molecular flexibility index (Phi) is 5.38. The molecule has 0 saturated carbocycles. The number of nitrogens with one attached hydrogen (secondary N) is 1. The third kappa shape index (κ3) is 4.40. The van der Waals surface area contributed by atoms with Crippen LogP contribution in [-0.2, 0) is 11.2 Å². The Bertz CT molecular complexity index is 961. The summed E-state index contributed by atoms with van der Waals surface area (Å²) in [5.74, 6) is 1.85.